The molecule has 19 heavy (non-hydrogen) atoms. The molecule has 2 rings (SSSR count). The van der Waals surface area contributed by atoms with Gasteiger partial charge in [-0.05, 0) is 52.9 Å². The Bertz CT molecular complexity index is 568. The van der Waals surface area contributed by atoms with Crippen LogP contribution < -0.4 is 4.72 Å². The molecule has 1 aromatic rings. The Labute approximate surface area is 131 Å². The fourth-order valence-electron chi connectivity index (χ4n) is 2.09. The summed E-state index contributed by atoms with van der Waals surface area (Å²) in [7, 11) is -3.44. The highest BCUT2D eigenvalue weighted by Gasteiger charge is 2.21. The quantitative estimate of drug-likeness (QED) is 0.797. The van der Waals surface area contributed by atoms with Crippen LogP contribution in [0, 0.1) is 12.8 Å². The average molecular weight is 411 g/mol. The summed E-state index contributed by atoms with van der Waals surface area (Å²) in [5.41, 5.74) is 1.00. The number of halogens is 2. The van der Waals surface area contributed by atoms with E-state index in [9.17, 15) is 8.42 Å². The van der Waals surface area contributed by atoms with Crippen molar-refractivity contribution in [2.45, 2.75) is 37.5 Å². The summed E-state index contributed by atoms with van der Waals surface area (Å²) < 4.78 is 28.6. The monoisotopic (exact) mass is 409 g/mol. The summed E-state index contributed by atoms with van der Waals surface area (Å²) in [4.78, 5) is 0.290. The fraction of sp³-hybridized carbons (Fsp3) is 0.538. The molecule has 0 radical (unpaired) electrons. The smallest absolute Gasteiger partial charge is 0.211 e. The van der Waals surface area contributed by atoms with Crippen molar-refractivity contribution < 1.29 is 8.42 Å². The first-order valence-electron chi connectivity index (χ1n) is 6.35. The number of nitrogens with one attached hydrogen (secondary N) is 1. The maximum atomic E-state index is 12.2. The lowest BCUT2D eigenvalue weighted by Crippen LogP contribution is -2.27. The van der Waals surface area contributed by atoms with Gasteiger partial charge in [-0.1, -0.05) is 35.2 Å². The molecular weight excluding hydrogens is 394 g/mol. The van der Waals surface area contributed by atoms with Crippen LogP contribution in [0.15, 0.2) is 26.0 Å². The molecule has 0 aliphatic heterocycles. The Morgan fingerprint density at radius 1 is 1.26 bits per heavy atom. The van der Waals surface area contributed by atoms with Crippen molar-refractivity contribution in [2.24, 2.45) is 5.92 Å². The van der Waals surface area contributed by atoms with E-state index >= 15 is 0 Å². The second kappa shape index (κ2) is 6.24. The first kappa shape index (κ1) is 15.5. The van der Waals surface area contributed by atoms with Crippen molar-refractivity contribution in [3.05, 3.63) is 26.6 Å². The molecule has 0 saturated heterocycles. The molecule has 0 spiro atoms. The van der Waals surface area contributed by atoms with Crippen molar-refractivity contribution in [1.29, 1.82) is 0 Å². The van der Waals surface area contributed by atoms with Crippen molar-refractivity contribution in [1.82, 2.24) is 4.72 Å². The highest BCUT2D eigenvalue weighted by molar-refractivity contribution is 9.11. The SMILES string of the molecule is Cc1cc(Br)c(S(=O)(=O)NCCC2CCC2)cc1Br. The molecule has 1 fully saturated rings. The van der Waals surface area contributed by atoms with Crippen LogP contribution >= 0.6 is 31.9 Å². The molecule has 6 heteroatoms. The van der Waals surface area contributed by atoms with Crippen LogP contribution in [-0.2, 0) is 10.0 Å². The van der Waals surface area contributed by atoms with Crippen molar-refractivity contribution in [2.75, 3.05) is 6.54 Å². The van der Waals surface area contributed by atoms with Gasteiger partial charge in [-0.15, -0.1) is 0 Å². The minimum atomic E-state index is -3.44. The van der Waals surface area contributed by atoms with Gasteiger partial charge >= 0.3 is 0 Å². The lowest BCUT2D eigenvalue weighted by molar-refractivity contribution is 0.297. The van der Waals surface area contributed by atoms with Gasteiger partial charge in [0.15, 0.2) is 0 Å². The molecule has 0 heterocycles. The number of aryl methyl sites for hydroxylation is 1. The number of hydrogen-bond acceptors (Lipinski definition) is 2. The zero-order valence-electron chi connectivity index (χ0n) is 10.7. The molecule has 0 amide bonds. The zero-order chi connectivity index (χ0) is 14.0. The normalized spacial score (nSPS) is 16.4. The predicted molar refractivity (Wildman–Crippen MR) is 83.7 cm³/mol. The molecule has 0 unspecified atom stereocenters. The molecule has 1 aliphatic rings. The first-order chi connectivity index (χ1) is 8.90. The Balaban J connectivity index is 2.07. The third-order valence-corrected chi connectivity index (χ3v) is 6.85. The van der Waals surface area contributed by atoms with Crippen molar-refractivity contribution in [3.63, 3.8) is 0 Å². The van der Waals surface area contributed by atoms with Gasteiger partial charge in [0.25, 0.3) is 0 Å². The topological polar surface area (TPSA) is 46.2 Å². The average Bonchev–Trinajstić information content (AvgIpc) is 2.26. The van der Waals surface area contributed by atoms with Crippen LogP contribution in [0.3, 0.4) is 0 Å². The second-order valence-electron chi connectivity index (χ2n) is 5.02. The summed E-state index contributed by atoms with van der Waals surface area (Å²) in [6, 6.07) is 3.45. The van der Waals surface area contributed by atoms with Gasteiger partial charge in [-0.3, -0.25) is 0 Å². The Morgan fingerprint density at radius 2 is 1.95 bits per heavy atom. The van der Waals surface area contributed by atoms with Gasteiger partial charge in [0.05, 0.1) is 4.90 Å². The zero-order valence-corrected chi connectivity index (χ0v) is 14.7. The maximum Gasteiger partial charge on any atom is 0.241 e. The molecule has 106 valence electrons. The second-order valence-corrected chi connectivity index (χ2v) is 8.46. The van der Waals surface area contributed by atoms with Crippen LogP contribution in [0.4, 0.5) is 0 Å². The van der Waals surface area contributed by atoms with E-state index in [0.717, 1.165) is 16.5 Å². The molecular formula is C13H17Br2NO2S. The Morgan fingerprint density at radius 3 is 2.53 bits per heavy atom. The van der Waals surface area contributed by atoms with E-state index in [1.165, 1.54) is 19.3 Å². The summed E-state index contributed by atoms with van der Waals surface area (Å²) in [5.74, 6) is 0.705. The summed E-state index contributed by atoms with van der Waals surface area (Å²) in [5, 5.41) is 0. The lowest BCUT2D eigenvalue weighted by atomic mass is 9.83. The van der Waals surface area contributed by atoms with Crippen molar-refractivity contribution in [3.8, 4) is 0 Å². The van der Waals surface area contributed by atoms with Crippen LogP contribution in [0.25, 0.3) is 0 Å². The summed E-state index contributed by atoms with van der Waals surface area (Å²) in [6.45, 7) is 2.44. The molecule has 0 atom stereocenters. The van der Waals surface area contributed by atoms with Gasteiger partial charge < -0.3 is 0 Å². The van der Waals surface area contributed by atoms with Crippen LogP contribution in [0.5, 0.6) is 0 Å². The van der Waals surface area contributed by atoms with E-state index in [2.05, 4.69) is 36.6 Å². The Kier molecular flexibility index (Phi) is 5.09. The Hall–Kier alpha value is 0.0900. The van der Waals surface area contributed by atoms with Gasteiger partial charge in [-0.2, -0.15) is 0 Å². The van der Waals surface area contributed by atoms with E-state index in [1.807, 2.05) is 13.0 Å². The fourth-order valence-corrected chi connectivity index (χ4v) is 4.81. The van der Waals surface area contributed by atoms with Crippen LogP contribution in [0.2, 0.25) is 0 Å². The molecule has 0 aromatic heterocycles. The third-order valence-electron chi connectivity index (χ3n) is 3.57. The summed E-state index contributed by atoms with van der Waals surface area (Å²) in [6.07, 6.45) is 4.70. The van der Waals surface area contributed by atoms with E-state index in [1.54, 1.807) is 6.07 Å². The maximum absolute atomic E-state index is 12.2. The highest BCUT2D eigenvalue weighted by Crippen LogP contribution is 2.30. The van der Waals surface area contributed by atoms with Gasteiger partial charge in [0, 0.05) is 15.5 Å². The molecule has 3 nitrogen and oxygen atoms in total. The van der Waals surface area contributed by atoms with Gasteiger partial charge in [-0.25, -0.2) is 13.1 Å². The first-order valence-corrected chi connectivity index (χ1v) is 9.42. The molecule has 1 N–H and O–H groups in total. The van der Waals surface area contributed by atoms with Gasteiger partial charge in [0.1, 0.15) is 0 Å². The summed E-state index contributed by atoms with van der Waals surface area (Å²) >= 11 is 6.69. The lowest BCUT2D eigenvalue weighted by Gasteiger charge is -2.25. The van der Waals surface area contributed by atoms with E-state index < -0.39 is 10.0 Å². The molecule has 1 aromatic carbocycles. The standard InChI is InChI=1S/C13H17Br2NO2S/c1-9-7-12(15)13(8-11(9)14)19(17,18)16-6-5-10-3-2-4-10/h7-8,10,16H,2-6H2,1H3. The molecule has 0 bridgehead atoms. The predicted octanol–water partition coefficient (Wildman–Crippen LogP) is 3.99. The molecule has 1 aliphatic carbocycles. The number of sulfonamides is 1. The van der Waals surface area contributed by atoms with Crippen molar-refractivity contribution >= 4 is 41.9 Å². The van der Waals surface area contributed by atoms with E-state index in [-0.39, 0.29) is 0 Å². The minimum absolute atomic E-state index is 0.290. The largest absolute Gasteiger partial charge is 0.241 e. The number of hydrogen-bond donors (Lipinski definition) is 1. The number of rotatable bonds is 5. The van der Waals surface area contributed by atoms with E-state index in [0.29, 0.717) is 21.8 Å². The van der Waals surface area contributed by atoms with Crippen LogP contribution in [-0.4, -0.2) is 15.0 Å². The number of benzene rings is 1. The van der Waals surface area contributed by atoms with E-state index in [4.69, 9.17) is 0 Å². The highest BCUT2D eigenvalue weighted by atomic mass is 79.9. The molecule has 1 saturated carbocycles. The van der Waals surface area contributed by atoms with Gasteiger partial charge in [0.2, 0.25) is 10.0 Å². The third kappa shape index (κ3) is 3.80. The minimum Gasteiger partial charge on any atom is -0.211 e. The van der Waals surface area contributed by atoms with Crippen LogP contribution in [0.1, 0.15) is 31.2 Å².